The number of aromatic nitrogens is 1. The van der Waals surface area contributed by atoms with Crippen LogP contribution in [0.25, 0.3) is 10.1 Å². The fraction of sp³-hybridized carbons (Fsp3) is 0.533. The number of hydrogen-bond donors (Lipinski definition) is 1. The van der Waals surface area contributed by atoms with E-state index in [2.05, 4.69) is 39.6 Å². The van der Waals surface area contributed by atoms with E-state index in [0.29, 0.717) is 6.04 Å². The average molecular weight is 275 g/mol. The first-order chi connectivity index (χ1) is 9.33. The second-order valence-corrected chi connectivity index (χ2v) is 6.35. The second kappa shape index (κ2) is 5.88. The minimum absolute atomic E-state index is 0.441. The van der Waals surface area contributed by atoms with Gasteiger partial charge in [-0.05, 0) is 50.4 Å². The number of piperidine rings is 1. The van der Waals surface area contributed by atoms with Gasteiger partial charge >= 0.3 is 0 Å². The lowest BCUT2D eigenvalue weighted by molar-refractivity contribution is 0.223. The molecule has 102 valence electrons. The third-order valence-corrected chi connectivity index (χ3v) is 4.63. The molecule has 1 atom stereocenters. The summed E-state index contributed by atoms with van der Waals surface area (Å²) in [6.07, 6.45) is 6.00. The minimum atomic E-state index is 0.441. The molecule has 19 heavy (non-hydrogen) atoms. The SMILES string of the molecule is CC(CN1CCCCC1)Nc1nccc2sccc12. The molecule has 1 N–H and O–H groups in total. The molecule has 1 fully saturated rings. The van der Waals surface area contributed by atoms with Gasteiger partial charge < -0.3 is 10.2 Å². The zero-order chi connectivity index (χ0) is 13.1. The van der Waals surface area contributed by atoms with E-state index in [1.807, 2.05) is 6.20 Å². The van der Waals surface area contributed by atoms with Crippen molar-refractivity contribution in [2.24, 2.45) is 0 Å². The number of rotatable bonds is 4. The van der Waals surface area contributed by atoms with Crippen molar-refractivity contribution in [3.63, 3.8) is 0 Å². The van der Waals surface area contributed by atoms with Crippen LogP contribution in [-0.4, -0.2) is 35.6 Å². The Bertz CT molecular complexity index is 531. The smallest absolute Gasteiger partial charge is 0.134 e. The number of thiophene rings is 1. The summed E-state index contributed by atoms with van der Waals surface area (Å²) < 4.78 is 1.31. The van der Waals surface area contributed by atoms with Crippen LogP contribution >= 0.6 is 11.3 Å². The largest absolute Gasteiger partial charge is 0.366 e. The van der Waals surface area contributed by atoms with Crippen LogP contribution in [-0.2, 0) is 0 Å². The molecule has 3 rings (SSSR count). The molecule has 0 saturated carbocycles. The van der Waals surface area contributed by atoms with Gasteiger partial charge in [-0.15, -0.1) is 11.3 Å². The molecule has 2 aromatic rings. The van der Waals surface area contributed by atoms with Gasteiger partial charge in [0, 0.05) is 28.9 Å². The highest BCUT2D eigenvalue weighted by Gasteiger charge is 2.14. The molecule has 0 amide bonds. The molecule has 0 aromatic carbocycles. The van der Waals surface area contributed by atoms with Crippen molar-refractivity contribution in [1.82, 2.24) is 9.88 Å². The first kappa shape index (κ1) is 12.9. The summed E-state index contributed by atoms with van der Waals surface area (Å²) in [5.41, 5.74) is 0. The van der Waals surface area contributed by atoms with Crippen LogP contribution in [0.1, 0.15) is 26.2 Å². The van der Waals surface area contributed by atoms with E-state index in [9.17, 15) is 0 Å². The number of anilines is 1. The zero-order valence-corrected chi connectivity index (χ0v) is 12.2. The van der Waals surface area contributed by atoms with Crippen molar-refractivity contribution >= 4 is 27.2 Å². The zero-order valence-electron chi connectivity index (χ0n) is 11.4. The number of nitrogens with one attached hydrogen (secondary N) is 1. The Morgan fingerprint density at radius 2 is 2.16 bits per heavy atom. The van der Waals surface area contributed by atoms with E-state index in [4.69, 9.17) is 0 Å². The Balaban J connectivity index is 1.65. The lowest BCUT2D eigenvalue weighted by Gasteiger charge is -2.29. The summed E-state index contributed by atoms with van der Waals surface area (Å²) in [5, 5.41) is 6.95. The summed E-state index contributed by atoms with van der Waals surface area (Å²) in [7, 11) is 0. The van der Waals surface area contributed by atoms with Gasteiger partial charge in [0.05, 0.1) is 0 Å². The van der Waals surface area contributed by atoms with E-state index in [-0.39, 0.29) is 0 Å². The summed E-state index contributed by atoms with van der Waals surface area (Å²) in [6, 6.07) is 4.68. The molecule has 3 heterocycles. The first-order valence-electron chi connectivity index (χ1n) is 7.14. The number of fused-ring (bicyclic) bond motifs is 1. The molecule has 3 nitrogen and oxygen atoms in total. The molecular weight excluding hydrogens is 254 g/mol. The summed E-state index contributed by atoms with van der Waals surface area (Å²) >= 11 is 1.77. The molecule has 4 heteroatoms. The maximum atomic E-state index is 4.49. The van der Waals surface area contributed by atoms with E-state index in [1.54, 1.807) is 11.3 Å². The summed E-state index contributed by atoms with van der Waals surface area (Å²) in [4.78, 5) is 7.05. The molecule has 2 aromatic heterocycles. The Morgan fingerprint density at radius 3 is 3.00 bits per heavy atom. The minimum Gasteiger partial charge on any atom is -0.366 e. The van der Waals surface area contributed by atoms with Gasteiger partial charge in [-0.25, -0.2) is 4.98 Å². The van der Waals surface area contributed by atoms with E-state index in [1.165, 1.54) is 42.4 Å². The molecule has 0 bridgehead atoms. The fourth-order valence-corrected chi connectivity index (χ4v) is 3.60. The highest BCUT2D eigenvalue weighted by atomic mass is 32.1. The normalized spacial score (nSPS) is 18.6. The lowest BCUT2D eigenvalue weighted by Crippen LogP contribution is -2.38. The van der Waals surface area contributed by atoms with Crippen LogP contribution in [0.15, 0.2) is 23.7 Å². The number of nitrogens with zero attached hydrogens (tertiary/aromatic N) is 2. The maximum Gasteiger partial charge on any atom is 0.134 e. The molecule has 1 unspecified atom stereocenters. The predicted octanol–water partition coefficient (Wildman–Crippen LogP) is 3.58. The van der Waals surface area contributed by atoms with Crippen molar-refractivity contribution in [2.45, 2.75) is 32.2 Å². The molecule has 1 aliphatic rings. The molecule has 1 saturated heterocycles. The van der Waals surface area contributed by atoms with Crippen molar-refractivity contribution in [2.75, 3.05) is 25.0 Å². The van der Waals surface area contributed by atoms with Crippen molar-refractivity contribution in [3.8, 4) is 0 Å². The quantitative estimate of drug-likeness (QED) is 0.924. The molecule has 1 aliphatic heterocycles. The van der Waals surface area contributed by atoms with Crippen LogP contribution in [0.5, 0.6) is 0 Å². The topological polar surface area (TPSA) is 28.2 Å². The highest BCUT2D eigenvalue weighted by molar-refractivity contribution is 7.17. The first-order valence-corrected chi connectivity index (χ1v) is 8.02. The Kier molecular flexibility index (Phi) is 3.99. The van der Waals surface area contributed by atoms with E-state index >= 15 is 0 Å². The van der Waals surface area contributed by atoms with E-state index in [0.717, 1.165) is 12.4 Å². The van der Waals surface area contributed by atoms with Gasteiger partial charge in [-0.2, -0.15) is 0 Å². The molecule has 0 spiro atoms. The molecular formula is C15H21N3S. The standard InChI is InChI=1S/C15H21N3S/c1-12(11-18-8-3-2-4-9-18)17-15-13-6-10-19-14(13)5-7-16-15/h5-7,10,12H,2-4,8-9,11H2,1H3,(H,16,17). The van der Waals surface area contributed by atoms with Crippen LogP contribution in [0, 0.1) is 0 Å². The number of pyridine rings is 1. The lowest BCUT2D eigenvalue weighted by atomic mass is 10.1. The number of likely N-dealkylation sites (tertiary alicyclic amines) is 1. The van der Waals surface area contributed by atoms with Crippen molar-refractivity contribution in [3.05, 3.63) is 23.7 Å². The van der Waals surface area contributed by atoms with Crippen molar-refractivity contribution in [1.29, 1.82) is 0 Å². The monoisotopic (exact) mass is 275 g/mol. The summed E-state index contributed by atoms with van der Waals surface area (Å²) in [5.74, 6) is 1.03. The third kappa shape index (κ3) is 3.07. The van der Waals surface area contributed by atoms with Crippen LogP contribution in [0.3, 0.4) is 0 Å². The molecule has 0 aliphatic carbocycles. The molecule has 0 radical (unpaired) electrons. The van der Waals surface area contributed by atoms with Crippen molar-refractivity contribution < 1.29 is 0 Å². The summed E-state index contributed by atoms with van der Waals surface area (Å²) in [6.45, 7) is 5.87. The predicted molar refractivity (Wildman–Crippen MR) is 83.0 cm³/mol. The van der Waals surface area contributed by atoms with Gasteiger partial charge in [0.25, 0.3) is 0 Å². The maximum absolute atomic E-state index is 4.49. The van der Waals surface area contributed by atoms with E-state index < -0.39 is 0 Å². The van der Waals surface area contributed by atoms with Crippen LogP contribution < -0.4 is 5.32 Å². The number of hydrogen-bond acceptors (Lipinski definition) is 4. The van der Waals surface area contributed by atoms with Gasteiger partial charge in [-0.3, -0.25) is 0 Å². The Labute approximate surface area is 118 Å². The fourth-order valence-electron chi connectivity index (χ4n) is 2.82. The highest BCUT2D eigenvalue weighted by Crippen LogP contribution is 2.26. The van der Waals surface area contributed by atoms with Gasteiger partial charge in [0.1, 0.15) is 5.82 Å². The Hall–Kier alpha value is -1.13. The van der Waals surface area contributed by atoms with Gasteiger partial charge in [-0.1, -0.05) is 6.42 Å². The van der Waals surface area contributed by atoms with Crippen LogP contribution in [0.2, 0.25) is 0 Å². The van der Waals surface area contributed by atoms with Gasteiger partial charge in [0.15, 0.2) is 0 Å². The Morgan fingerprint density at radius 1 is 1.32 bits per heavy atom. The third-order valence-electron chi connectivity index (χ3n) is 3.74. The van der Waals surface area contributed by atoms with Crippen LogP contribution in [0.4, 0.5) is 5.82 Å². The van der Waals surface area contributed by atoms with Gasteiger partial charge in [0.2, 0.25) is 0 Å². The second-order valence-electron chi connectivity index (χ2n) is 5.40. The average Bonchev–Trinajstić information content (AvgIpc) is 2.89.